The van der Waals surface area contributed by atoms with Crippen LogP contribution in [0.1, 0.15) is 92.0 Å². The number of aliphatic hydroxyl groups is 1. The van der Waals surface area contributed by atoms with Gasteiger partial charge >= 0.3 is 6.09 Å². The summed E-state index contributed by atoms with van der Waals surface area (Å²) in [4.78, 5) is 17.6. The molecule has 4 N–H and O–H groups in total. The zero-order valence-electron chi connectivity index (χ0n) is 24.7. The molecule has 3 rings (SSSR count). The maximum absolute atomic E-state index is 13.5. The van der Waals surface area contributed by atoms with Crippen molar-refractivity contribution in [3.8, 4) is 10.4 Å². The Kier molecular flexibility index (Phi) is 10.4. The summed E-state index contributed by atoms with van der Waals surface area (Å²) < 4.78 is 40.4. The van der Waals surface area contributed by atoms with Crippen LogP contribution in [0.2, 0.25) is 0 Å². The van der Waals surface area contributed by atoms with Crippen LogP contribution in [-0.4, -0.2) is 54.3 Å². The number of nitrogens with one attached hydrogen (secondary N) is 3. The number of hydrogen-bond donors (Lipinski definition) is 4. The molecule has 1 aliphatic carbocycles. The Labute approximate surface area is 242 Å². The number of aromatic nitrogens is 1. The van der Waals surface area contributed by atoms with Crippen LogP contribution in [0.15, 0.2) is 29.3 Å². The quantitative estimate of drug-likeness (QED) is 0.276. The smallest absolute Gasteiger partial charge is 0.411 e. The monoisotopic (exact) mass is 596 g/mol. The standard InChI is InChI=1S/C28H44N4O6S2/c1-17(2)37-25(33)31-20-13-14-21(23(15-20)40(35,36)32-27(3,4)5)22-16-29-24(39-22)18-9-11-19(12-10-18)30-26(34)38-28(6,7)8/h13-19,26,30,32,34H,9-12H2,1-8H3,(H,31,33). The first-order valence-electron chi connectivity index (χ1n) is 13.7. The zero-order chi connectivity index (χ0) is 29.9. The summed E-state index contributed by atoms with van der Waals surface area (Å²) in [6.07, 6.45) is 3.26. The number of sulfonamides is 1. The van der Waals surface area contributed by atoms with Crippen LogP contribution in [0, 0.1) is 0 Å². The molecule has 1 heterocycles. The third kappa shape index (κ3) is 9.78. The molecule has 0 spiro atoms. The molecule has 2 aromatic rings. The van der Waals surface area contributed by atoms with Gasteiger partial charge < -0.3 is 14.6 Å². The van der Waals surface area contributed by atoms with E-state index in [4.69, 9.17) is 9.47 Å². The Bertz CT molecular complexity index is 1260. The van der Waals surface area contributed by atoms with Gasteiger partial charge in [0.2, 0.25) is 16.4 Å². The Morgan fingerprint density at radius 2 is 1.75 bits per heavy atom. The van der Waals surface area contributed by atoms with Crippen molar-refractivity contribution < 1.29 is 27.8 Å². The van der Waals surface area contributed by atoms with Gasteiger partial charge in [0.15, 0.2) is 0 Å². The fourth-order valence-electron chi connectivity index (χ4n) is 4.52. The number of amides is 1. The molecule has 10 nitrogen and oxygen atoms in total. The van der Waals surface area contributed by atoms with Gasteiger partial charge in [-0.1, -0.05) is 6.07 Å². The van der Waals surface area contributed by atoms with Gasteiger partial charge in [-0.05, 0) is 93.2 Å². The minimum absolute atomic E-state index is 0.0562. The molecule has 1 aliphatic rings. The van der Waals surface area contributed by atoms with E-state index in [-0.39, 0.29) is 23.0 Å². The molecule has 224 valence electrons. The Balaban J connectivity index is 1.80. The van der Waals surface area contributed by atoms with Crippen LogP contribution in [-0.2, 0) is 19.5 Å². The van der Waals surface area contributed by atoms with Crippen LogP contribution in [0.25, 0.3) is 10.4 Å². The molecule has 1 fully saturated rings. The van der Waals surface area contributed by atoms with Crippen LogP contribution < -0.4 is 15.4 Å². The average Bonchev–Trinajstić information content (AvgIpc) is 3.26. The molecular weight excluding hydrogens is 552 g/mol. The van der Waals surface area contributed by atoms with Crippen LogP contribution in [0.4, 0.5) is 10.5 Å². The number of carbonyl (C=O) groups excluding carboxylic acids is 1. The number of rotatable bonds is 9. The molecule has 0 radical (unpaired) electrons. The predicted octanol–water partition coefficient (Wildman–Crippen LogP) is 5.55. The molecule has 12 heteroatoms. The lowest BCUT2D eigenvalue weighted by Gasteiger charge is -2.32. The van der Waals surface area contributed by atoms with E-state index in [1.165, 1.54) is 17.4 Å². The number of nitrogens with zero attached hydrogens (tertiary/aromatic N) is 1. The molecule has 1 unspecified atom stereocenters. The molecule has 1 atom stereocenters. The van der Waals surface area contributed by atoms with Crippen LogP contribution in [0.5, 0.6) is 0 Å². The van der Waals surface area contributed by atoms with Crippen molar-refractivity contribution >= 4 is 33.1 Å². The number of aliphatic hydroxyl groups excluding tert-OH is 1. The van der Waals surface area contributed by atoms with Gasteiger partial charge in [0.25, 0.3) is 0 Å². The van der Waals surface area contributed by atoms with Gasteiger partial charge in [-0.3, -0.25) is 10.6 Å². The van der Waals surface area contributed by atoms with Gasteiger partial charge in [0.05, 0.1) is 26.5 Å². The van der Waals surface area contributed by atoms with Crippen LogP contribution in [0.3, 0.4) is 0 Å². The van der Waals surface area contributed by atoms with Gasteiger partial charge in [-0.2, -0.15) is 0 Å². The third-order valence-corrected chi connectivity index (χ3v) is 9.00. The second kappa shape index (κ2) is 12.8. The van der Waals surface area contributed by atoms with E-state index in [0.29, 0.717) is 11.3 Å². The fraction of sp³-hybridized carbons (Fsp3) is 0.643. The summed E-state index contributed by atoms with van der Waals surface area (Å²) in [6.45, 7) is 14.5. The second-order valence-corrected chi connectivity index (χ2v) is 15.2. The number of ether oxygens (including phenoxy) is 2. The first kappa shape index (κ1) is 32.4. The van der Waals surface area contributed by atoms with E-state index in [1.807, 2.05) is 20.8 Å². The maximum Gasteiger partial charge on any atom is 0.411 e. The van der Waals surface area contributed by atoms with E-state index in [2.05, 4.69) is 20.3 Å². The minimum atomic E-state index is -3.93. The molecule has 1 saturated carbocycles. The highest BCUT2D eigenvalue weighted by Gasteiger charge is 2.29. The van der Waals surface area contributed by atoms with E-state index in [0.717, 1.165) is 35.6 Å². The SMILES string of the molecule is CC(C)OC(=O)Nc1ccc(-c2cnc(C3CCC(NC(O)OC(C)(C)C)CC3)s2)c(S(=O)(=O)NC(C)(C)C)c1. The highest BCUT2D eigenvalue weighted by molar-refractivity contribution is 7.89. The Hall–Kier alpha value is -2.09. The maximum atomic E-state index is 13.5. The van der Waals surface area contributed by atoms with Gasteiger partial charge in [-0.15, -0.1) is 11.3 Å². The van der Waals surface area contributed by atoms with Crippen molar-refractivity contribution in [1.82, 2.24) is 15.0 Å². The zero-order valence-corrected chi connectivity index (χ0v) is 26.3. The van der Waals surface area contributed by atoms with Crippen LogP contribution >= 0.6 is 11.3 Å². The number of carbonyl (C=O) groups is 1. The van der Waals surface area contributed by atoms with Crippen molar-refractivity contribution in [1.29, 1.82) is 0 Å². The summed E-state index contributed by atoms with van der Waals surface area (Å²) in [6, 6.07) is 4.95. The molecule has 0 aliphatic heterocycles. The molecular formula is C28H44N4O6S2. The topological polar surface area (TPSA) is 139 Å². The highest BCUT2D eigenvalue weighted by Crippen LogP contribution is 2.40. The van der Waals surface area contributed by atoms with Crippen molar-refractivity contribution in [2.75, 3.05) is 5.32 Å². The summed E-state index contributed by atoms with van der Waals surface area (Å²) >= 11 is 1.48. The summed E-state index contributed by atoms with van der Waals surface area (Å²) in [7, 11) is -3.93. The van der Waals surface area contributed by atoms with Crippen molar-refractivity contribution in [2.45, 2.75) is 122 Å². The lowest BCUT2D eigenvalue weighted by Crippen LogP contribution is -2.44. The number of anilines is 1. The van der Waals surface area contributed by atoms with E-state index < -0.39 is 33.7 Å². The molecule has 40 heavy (non-hydrogen) atoms. The first-order chi connectivity index (χ1) is 18.4. The lowest BCUT2D eigenvalue weighted by atomic mass is 9.86. The molecule has 1 aromatic heterocycles. The van der Waals surface area contributed by atoms with E-state index in [1.54, 1.807) is 52.9 Å². The number of thiazole rings is 1. The second-order valence-electron chi connectivity index (χ2n) is 12.5. The van der Waals surface area contributed by atoms with Gasteiger partial charge in [0, 0.05) is 34.9 Å². The van der Waals surface area contributed by atoms with Crippen molar-refractivity contribution in [3.05, 3.63) is 29.4 Å². The third-order valence-electron chi connectivity index (χ3n) is 6.01. The molecule has 0 bridgehead atoms. The molecule has 0 saturated heterocycles. The lowest BCUT2D eigenvalue weighted by molar-refractivity contribution is -0.186. The Morgan fingerprint density at radius 3 is 2.33 bits per heavy atom. The van der Waals surface area contributed by atoms with Gasteiger partial charge in [0.1, 0.15) is 0 Å². The minimum Gasteiger partial charge on any atom is -0.447 e. The van der Waals surface area contributed by atoms with E-state index in [9.17, 15) is 18.3 Å². The van der Waals surface area contributed by atoms with Crippen molar-refractivity contribution in [3.63, 3.8) is 0 Å². The van der Waals surface area contributed by atoms with E-state index >= 15 is 0 Å². The predicted molar refractivity (Wildman–Crippen MR) is 158 cm³/mol. The molecule has 1 amide bonds. The highest BCUT2D eigenvalue weighted by atomic mass is 32.2. The summed E-state index contributed by atoms with van der Waals surface area (Å²) in [5, 5.41) is 16.9. The number of hydrogen-bond acceptors (Lipinski definition) is 9. The fourth-order valence-corrected chi connectivity index (χ4v) is 7.38. The molecule has 1 aromatic carbocycles. The summed E-state index contributed by atoms with van der Waals surface area (Å²) in [5.74, 6) is 0.247. The Morgan fingerprint density at radius 1 is 1.10 bits per heavy atom. The number of benzene rings is 1. The summed E-state index contributed by atoms with van der Waals surface area (Å²) in [5.41, 5.74) is -0.313. The van der Waals surface area contributed by atoms with Crippen molar-refractivity contribution in [2.24, 2.45) is 0 Å². The largest absolute Gasteiger partial charge is 0.447 e. The van der Waals surface area contributed by atoms with Gasteiger partial charge in [-0.25, -0.2) is 22.9 Å². The first-order valence-corrected chi connectivity index (χ1v) is 16.0. The average molecular weight is 597 g/mol. The normalized spacial score (nSPS) is 19.4.